The van der Waals surface area contributed by atoms with E-state index in [1.54, 1.807) is 11.8 Å². The first-order valence-corrected chi connectivity index (χ1v) is 8.72. The molecule has 0 saturated carbocycles. The van der Waals surface area contributed by atoms with Crippen molar-refractivity contribution in [2.75, 3.05) is 0 Å². The summed E-state index contributed by atoms with van der Waals surface area (Å²) in [6.45, 7) is 8.09. The highest BCUT2D eigenvalue weighted by molar-refractivity contribution is 8.02. The van der Waals surface area contributed by atoms with Crippen molar-refractivity contribution < 1.29 is 10.2 Å². The maximum atomic E-state index is 10.8. The molecule has 2 nitrogen and oxygen atoms in total. The molecule has 0 amide bonds. The fraction of sp³-hybridized carbons (Fsp3) is 0.400. The summed E-state index contributed by atoms with van der Waals surface area (Å²) in [5.41, 5.74) is 1.80. The van der Waals surface area contributed by atoms with E-state index in [1.807, 2.05) is 88.4 Å². The lowest BCUT2D eigenvalue weighted by Crippen LogP contribution is -2.35. The van der Waals surface area contributed by atoms with Gasteiger partial charge in [-0.15, -0.1) is 11.8 Å². The van der Waals surface area contributed by atoms with Gasteiger partial charge in [0.05, 0.1) is 12.2 Å². The summed E-state index contributed by atoms with van der Waals surface area (Å²) in [6.07, 6.45) is -1.20. The Kier molecular flexibility index (Phi) is 5.56. The van der Waals surface area contributed by atoms with Gasteiger partial charge in [0, 0.05) is 9.49 Å². The first kappa shape index (κ1) is 18.1. The van der Waals surface area contributed by atoms with Gasteiger partial charge in [-0.1, -0.05) is 60.7 Å². The Morgan fingerprint density at radius 2 is 0.957 bits per heavy atom. The number of aliphatic hydroxyl groups excluding tert-OH is 2. The molecule has 2 aromatic carbocycles. The highest BCUT2D eigenvalue weighted by Crippen LogP contribution is 2.48. The number of thioether (sulfide) groups is 1. The van der Waals surface area contributed by atoms with E-state index in [1.165, 1.54) is 0 Å². The van der Waals surface area contributed by atoms with Crippen LogP contribution in [0.4, 0.5) is 0 Å². The summed E-state index contributed by atoms with van der Waals surface area (Å²) in [5, 5.41) is 21.5. The van der Waals surface area contributed by atoms with Crippen LogP contribution in [0.15, 0.2) is 60.7 Å². The van der Waals surface area contributed by atoms with Gasteiger partial charge in [0.25, 0.3) is 0 Å². The molecule has 3 heteroatoms. The third-order valence-electron chi connectivity index (χ3n) is 4.07. The predicted molar refractivity (Wildman–Crippen MR) is 98.6 cm³/mol. The molecule has 0 aliphatic rings. The summed E-state index contributed by atoms with van der Waals surface area (Å²) < 4.78 is -0.860. The average Bonchev–Trinajstić information content (AvgIpc) is 2.54. The Bertz CT molecular complexity index is 553. The molecule has 0 heterocycles. The first-order valence-electron chi connectivity index (χ1n) is 7.90. The summed E-state index contributed by atoms with van der Waals surface area (Å²) in [6, 6.07) is 19.4. The second-order valence-corrected chi connectivity index (χ2v) is 9.24. The molecule has 2 N–H and O–H groups in total. The molecular weight excluding hydrogens is 304 g/mol. The van der Waals surface area contributed by atoms with E-state index in [-0.39, 0.29) is 0 Å². The van der Waals surface area contributed by atoms with Gasteiger partial charge in [0.2, 0.25) is 0 Å². The Morgan fingerprint density at radius 3 is 1.26 bits per heavy atom. The quantitative estimate of drug-likeness (QED) is 0.803. The molecule has 2 unspecified atom stereocenters. The van der Waals surface area contributed by atoms with Crippen molar-refractivity contribution in [3.63, 3.8) is 0 Å². The van der Waals surface area contributed by atoms with Gasteiger partial charge in [-0.05, 0) is 38.8 Å². The van der Waals surface area contributed by atoms with Crippen LogP contribution in [0.5, 0.6) is 0 Å². The Hall–Kier alpha value is -1.29. The molecule has 0 spiro atoms. The maximum Gasteiger partial charge on any atom is 0.0931 e. The van der Waals surface area contributed by atoms with Crippen LogP contribution < -0.4 is 0 Å². The van der Waals surface area contributed by atoms with Crippen LogP contribution in [-0.4, -0.2) is 19.7 Å². The van der Waals surface area contributed by atoms with Crippen molar-refractivity contribution in [3.05, 3.63) is 71.8 Å². The van der Waals surface area contributed by atoms with E-state index in [0.717, 1.165) is 11.1 Å². The van der Waals surface area contributed by atoms with Gasteiger partial charge in [-0.25, -0.2) is 0 Å². The first-order chi connectivity index (χ1) is 10.7. The molecule has 23 heavy (non-hydrogen) atoms. The summed E-state index contributed by atoms with van der Waals surface area (Å²) in [7, 11) is 0. The smallest absolute Gasteiger partial charge is 0.0931 e. The normalized spacial score (nSPS) is 15.2. The molecule has 0 fully saturated rings. The summed E-state index contributed by atoms with van der Waals surface area (Å²) in [5.74, 6) is 0. The minimum absolute atomic E-state index is 0.430. The van der Waals surface area contributed by atoms with E-state index in [9.17, 15) is 10.2 Å². The van der Waals surface area contributed by atoms with Crippen LogP contribution in [0.2, 0.25) is 0 Å². The molecule has 2 rings (SSSR count). The highest BCUT2D eigenvalue weighted by Gasteiger charge is 2.40. The van der Waals surface area contributed by atoms with Gasteiger partial charge >= 0.3 is 0 Å². The molecule has 0 saturated heterocycles. The second kappa shape index (κ2) is 7.08. The Labute approximate surface area is 143 Å². The van der Waals surface area contributed by atoms with E-state index in [4.69, 9.17) is 0 Å². The molecule has 0 aliphatic carbocycles. The van der Waals surface area contributed by atoms with E-state index < -0.39 is 21.7 Å². The third-order valence-corrected chi connectivity index (χ3v) is 5.57. The van der Waals surface area contributed by atoms with Crippen molar-refractivity contribution in [2.45, 2.75) is 49.4 Å². The number of hydrogen-bond donors (Lipinski definition) is 2. The zero-order chi connectivity index (χ0) is 17.1. The second-order valence-electron chi connectivity index (χ2n) is 6.94. The maximum absolute atomic E-state index is 10.8. The average molecular weight is 330 g/mol. The number of aliphatic hydroxyl groups is 2. The van der Waals surface area contributed by atoms with Crippen LogP contribution in [0.1, 0.15) is 51.0 Å². The molecular formula is C20H26O2S. The standard InChI is InChI=1S/C20H26O2S/c1-19(2,17(21)15-11-7-5-8-12-15)23-20(3,4)18(22)16-13-9-6-10-14-16/h5-14,17-18,21-22H,1-4H3. The van der Waals surface area contributed by atoms with Crippen molar-refractivity contribution in [3.8, 4) is 0 Å². The van der Waals surface area contributed by atoms with Crippen molar-refractivity contribution in [2.24, 2.45) is 0 Å². The lowest BCUT2D eigenvalue weighted by atomic mass is 9.97. The largest absolute Gasteiger partial charge is 0.387 e. The van der Waals surface area contributed by atoms with Crippen LogP contribution in [0.3, 0.4) is 0 Å². The number of rotatable bonds is 6. The van der Waals surface area contributed by atoms with Crippen LogP contribution >= 0.6 is 11.8 Å². The van der Waals surface area contributed by atoms with Gasteiger partial charge < -0.3 is 10.2 Å². The van der Waals surface area contributed by atoms with Gasteiger partial charge in [-0.3, -0.25) is 0 Å². The monoisotopic (exact) mass is 330 g/mol. The van der Waals surface area contributed by atoms with E-state index in [0.29, 0.717) is 0 Å². The number of benzene rings is 2. The van der Waals surface area contributed by atoms with Crippen molar-refractivity contribution >= 4 is 11.8 Å². The van der Waals surface area contributed by atoms with Crippen LogP contribution in [0.25, 0.3) is 0 Å². The molecule has 124 valence electrons. The van der Waals surface area contributed by atoms with Crippen LogP contribution in [0, 0.1) is 0 Å². The minimum atomic E-state index is -0.601. The topological polar surface area (TPSA) is 40.5 Å². The Balaban J connectivity index is 2.18. The van der Waals surface area contributed by atoms with Crippen molar-refractivity contribution in [1.29, 1.82) is 0 Å². The molecule has 0 bridgehead atoms. The minimum Gasteiger partial charge on any atom is -0.387 e. The fourth-order valence-electron chi connectivity index (χ4n) is 2.86. The molecule has 2 atom stereocenters. The SMILES string of the molecule is CC(C)(SC(C)(C)C(O)c1ccccc1)C(O)c1ccccc1. The number of hydrogen-bond acceptors (Lipinski definition) is 3. The van der Waals surface area contributed by atoms with Gasteiger partial charge in [-0.2, -0.15) is 0 Å². The fourth-order valence-corrected chi connectivity index (χ4v) is 4.71. The van der Waals surface area contributed by atoms with Gasteiger partial charge in [0.1, 0.15) is 0 Å². The highest BCUT2D eigenvalue weighted by atomic mass is 32.2. The van der Waals surface area contributed by atoms with E-state index in [2.05, 4.69) is 0 Å². The molecule has 0 aliphatic heterocycles. The lowest BCUT2D eigenvalue weighted by molar-refractivity contribution is 0.130. The van der Waals surface area contributed by atoms with Crippen LogP contribution in [-0.2, 0) is 0 Å². The van der Waals surface area contributed by atoms with Gasteiger partial charge in [0.15, 0.2) is 0 Å². The predicted octanol–water partition coefficient (Wildman–Crippen LogP) is 4.74. The molecule has 0 aromatic heterocycles. The van der Waals surface area contributed by atoms with Crippen molar-refractivity contribution in [1.82, 2.24) is 0 Å². The zero-order valence-corrected chi connectivity index (χ0v) is 15.0. The molecule has 2 aromatic rings. The third kappa shape index (κ3) is 4.37. The summed E-state index contributed by atoms with van der Waals surface area (Å²) >= 11 is 1.61. The van der Waals surface area contributed by atoms with E-state index >= 15 is 0 Å². The Morgan fingerprint density at radius 1 is 0.652 bits per heavy atom. The lowest BCUT2D eigenvalue weighted by Gasteiger charge is -2.40. The molecule has 0 radical (unpaired) electrons. The summed E-state index contributed by atoms with van der Waals surface area (Å²) in [4.78, 5) is 0. The zero-order valence-electron chi connectivity index (χ0n) is 14.2.